The highest BCUT2D eigenvalue weighted by atomic mass is 32.1. The third-order valence-corrected chi connectivity index (χ3v) is 7.69. The van der Waals surface area contributed by atoms with Gasteiger partial charge in [-0.1, -0.05) is 42.2 Å². The Morgan fingerprint density at radius 2 is 2.03 bits per heavy atom. The molecule has 9 heteroatoms. The molecular formula is C25H31N3O5S. The summed E-state index contributed by atoms with van der Waals surface area (Å²) in [5.41, 5.74) is 3.24. The zero-order chi connectivity index (χ0) is 24.2. The molecule has 0 bridgehead atoms. The van der Waals surface area contributed by atoms with Gasteiger partial charge >= 0.3 is 5.97 Å². The van der Waals surface area contributed by atoms with E-state index in [1.54, 1.807) is 7.11 Å². The average Bonchev–Trinajstić information content (AvgIpc) is 3.46. The van der Waals surface area contributed by atoms with Gasteiger partial charge in [0, 0.05) is 23.5 Å². The molecule has 1 saturated carbocycles. The molecule has 0 radical (unpaired) electrons. The lowest BCUT2D eigenvalue weighted by molar-refractivity contribution is -0.116. The van der Waals surface area contributed by atoms with Crippen molar-refractivity contribution in [2.24, 2.45) is 0 Å². The van der Waals surface area contributed by atoms with E-state index in [-0.39, 0.29) is 23.8 Å². The molecule has 4 rings (SSSR count). The fourth-order valence-corrected chi connectivity index (χ4v) is 5.63. The van der Waals surface area contributed by atoms with Gasteiger partial charge in [-0.2, -0.15) is 0 Å². The van der Waals surface area contributed by atoms with Crippen LogP contribution in [-0.2, 0) is 22.6 Å². The predicted octanol–water partition coefficient (Wildman–Crippen LogP) is 5.19. The van der Waals surface area contributed by atoms with E-state index < -0.39 is 5.97 Å². The average molecular weight is 486 g/mol. The summed E-state index contributed by atoms with van der Waals surface area (Å²) in [5.74, 6) is 0.323. The maximum atomic E-state index is 12.4. The van der Waals surface area contributed by atoms with Crippen LogP contribution in [0.4, 0.5) is 5.13 Å². The van der Waals surface area contributed by atoms with Crippen molar-refractivity contribution < 1.29 is 24.2 Å². The Bertz CT molecular complexity index is 1120. The molecule has 182 valence electrons. The number of amides is 1. The number of fused-ring (bicyclic) bond motifs is 1. The van der Waals surface area contributed by atoms with E-state index in [1.807, 2.05) is 19.9 Å². The summed E-state index contributed by atoms with van der Waals surface area (Å²) in [6.45, 7) is 3.94. The van der Waals surface area contributed by atoms with Crippen molar-refractivity contribution in [1.82, 2.24) is 10.2 Å². The number of phenolic OH excluding ortho intramolecular Hbond substituents is 1. The number of benzene rings is 1. The number of esters is 1. The Kier molecular flexibility index (Phi) is 7.50. The number of aromatic nitrogens is 2. The zero-order valence-corrected chi connectivity index (χ0v) is 20.7. The molecule has 1 aliphatic carbocycles. The van der Waals surface area contributed by atoms with Gasteiger partial charge in [0.2, 0.25) is 11.0 Å². The molecule has 1 amide bonds. The summed E-state index contributed by atoms with van der Waals surface area (Å²) < 4.78 is 10.6. The molecule has 8 nitrogen and oxygen atoms in total. The van der Waals surface area contributed by atoms with Crippen molar-refractivity contribution in [3.8, 4) is 11.5 Å². The van der Waals surface area contributed by atoms with Gasteiger partial charge in [0.15, 0.2) is 0 Å². The second-order valence-electron chi connectivity index (χ2n) is 9.00. The first-order valence-corrected chi connectivity index (χ1v) is 12.6. The van der Waals surface area contributed by atoms with Crippen molar-refractivity contribution in [3.63, 3.8) is 0 Å². The largest absolute Gasteiger partial charge is 0.507 e. The molecule has 1 aliphatic heterocycles. The molecule has 0 atom stereocenters. The van der Waals surface area contributed by atoms with Gasteiger partial charge < -0.3 is 19.9 Å². The molecule has 2 aliphatic rings. The number of carbonyl (C=O) groups excluding carboxylic acids is 2. The van der Waals surface area contributed by atoms with Crippen molar-refractivity contribution >= 4 is 28.3 Å². The molecule has 0 saturated heterocycles. The summed E-state index contributed by atoms with van der Waals surface area (Å²) in [4.78, 5) is 24.5. The molecule has 2 N–H and O–H groups in total. The van der Waals surface area contributed by atoms with E-state index in [9.17, 15) is 14.7 Å². The lowest BCUT2D eigenvalue weighted by atomic mass is 9.90. The van der Waals surface area contributed by atoms with Crippen LogP contribution in [0.15, 0.2) is 11.6 Å². The van der Waals surface area contributed by atoms with Crippen LogP contribution in [0.5, 0.6) is 11.5 Å². The Morgan fingerprint density at radius 1 is 1.26 bits per heavy atom. The molecule has 0 spiro atoms. The van der Waals surface area contributed by atoms with Gasteiger partial charge in [0.05, 0.1) is 7.11 Å². The fourth-order valence-electron chi connectivity index (χ4n) is 4.70. The summed E-state index contributed by atoms with van der Waals surface area (Å²) in [5, 5.41) is 23.6. The van der Waals surface area contributed by atoms with Crippen molar-refractivity contribution in [3.05, 3.63) is 38.9 Å². The monoisotopic (exact) mass is 485 g/mol. The standard InChI is InChI=1S/C25H31N3O5S/c1-14(9-11-17-21(30)20-18(13-33-24(20)31)15(2)22(17)32-3)10-12-19(29)26-25-28-27-23(34-25)16-7-5-4-6-8-16/h9,16,30H,4-8,10-13H2,1-3H3,(H,26,28,29)/b14-9+. The Labute approximate surface area is 203 Å². The maximum Gasteiger partial charge on any atom is 0.342 e. The molecular weight excluding hydrogens is 454 g/mol. The van der Waals surface area contributed by atoms with E-state index in [4.69, 9.17) is 9.47 Å². The molecule has 1 aromatic heterocycles. The number of nitrogens with zero attached hydrogens (tertiary/aromatic N) is 2. The Morgan fingerprint density at radius 3 is 2.76 bits per heavy atom. The maximum absolute atomic E-state index is 12.4. The minimum absolute atomic E-state index is 0.0909. The Balaban J connectivity index is 1.35. The third-order valence-electron chi connectivity index (χ3n) is 6.69. The number of allylic oxidation sites excluding steroid dienone is 2. The summed E-state index contributed by atoms with van der Waals surface area (Å²) in [7, 11) is 1.54. The number of methoxy groups -OCH3 is 1. The second kappa shape index (κ2) is 10.5. The molecule has 1 fully saturated rings. The topological polar surface area (TPSA) is 111 Å². The number of carbonyl (C=O) groups is 2. The number of ether oxygens (including phenoxy) is 2. The number of nitrogens with one attached hydrogen (secondary N) is 1. The highest BCUT2D eigenvalue weighted by Gasteiger charge is 2.31. The van der Waals surface area contributed by atoms with Crippen LogP contribution in [0, 0.1) is 6.92 Å². The van der Waals surface area contributed by atoms with Gasteiger partial charge in [-0.3, -0.25) is 4.79 Å². The first-order valence-electron chi connectivity index (χ1n) is 11.8. The smallest absolute Gasteiger partial charge is 0.342 e. The lowest BCUT2D eigenvalue weighted by Crippen LogP contribution is -2.11. The number of rotatable bonds is 8. The van der Waals surface area contributed by atoms with Crippen molar-refractivity contribution in [2.45, 2.75) is 77.7 Å². The number of aromatic hydroxyl groups is 1. The quantitative estimate of drug-likeness (QED) is 0.391. The first-order chi connectivity index (χ1) is 16.4. The number of anilines is 1. The summed E-state index contributed by atoms with van der Waals surface area (Å²) in [6, 6.07) is 0. The summed E-state index contributed by atoms with van der Waals surface area (Å²) in [6.07, 6.45) is 9.27. The molecule has 2 heterocycles. The minimum Gasteiger partial charge on any atom is -0.507 e. The minimum atomic E-state index is -0.514. The molecule has 2 aromatic rings. The summed E-state index contributed by atoms with van der Waals surface area (Å²) >= 11 is 1.48. The van der Waals surface area contributed by atoms with E-state index in [1.165, 1.54) is 30.6 Å². The van der Waals surface area contributed by atoms with E-state index >= 15 is 0 Å². The zero-order valence-electron chi connectivity index (χ0n) is 19.9. The van der Waals surface area contributed by atoms with E-state index in [2.05, 4.69) is 15.5 Å². The predicted molar refractivity (Wildman–Crippen MR) is 130 cm³/mol. The number of phenols is 1. The Hall–Kier alpha value is -2.94. The molecule has 1 aromatic carbocycles. The number of cyclic esters (lactones) is 1. The van der Waals surface area contributed by atoms with Crippen LogP contribution in [0.25, 0.3) is 0 Å². The van der Waals surface area contributed by atoms with Gasteiger partial charge in [0.25, 0.3) is 0 Å². The highest BCUT2D eigenvalue weighted by molar-refractivity contribution is 7.15. The van der Waals surface area contributed by atoms with Crippen LogP contribution in [0.3, 0.4) is 0 Å². The first kappa shape index (κ1) is 24.2. The van der Waals surface area contributed by atoms with E-state index in [0.717, 1.165) is 29.0 Å². The van der Waals surface area contributed by atoms with Gasteiger partial charge in [-0.15, -0.1) is 10.2 Å². The van der Waals surface area contributed by atoms with Crippen LogP contribution in [0.1, 0.15) is 89.8 Å². The van der Waals surface area contributed by atoms with Gasteiger partial charge in [-0.25, -0.2) is 4.79 Å². The second-order valence-corrected chi connectivity index (χ2v) is 10.0. The SMILES string of the molecule is COc1c(C)c2c(c(O)c1C/C=C(\C)CCC(=O)Nc1nnc(C3CCCCC3)s1)C(=O)OC2. The van der Waals surface area contributed by atoms with Crippen LogP contribution < -0.4 is 10.1 Å². The normalized spacial score (nSPS) is 16.3. The highest BCUT2D eigenvalue weighted by Crippen LogP contribution is 2.42. The van der Waals surface area contributed by atoms with Gasteiger partial charge in [-0.05, 0) is 45.1 Å². The van der Waals surface area contributed by atoms with Crippen LogP contribution >= 0.6 is 11.3 Å². The lowest BCUT2D eigenvalue weighted by Gasteiger charge is -2.18. The van der Waals surface area contributed by atoms with Crippen LogP contribution in [0.2, 0.25) is 0 Å². The molecule has 34 heavy (non-hydrogen) atoms. The van der Waals surface area contributed by atoms with Gasteiger partial charge in [0.1, 0.15) is 28.7 Å². The number of hydrogen-bond donors (Lipinski definition) is 2. The van der Waals surface area contributed by atoms with Crippen molar-refractivity contribution in [1.29, 1.82) is 0 Å². The van der Waals surface area contributed by atoms with E-state index in [0.29, 0.717) is 47.2 Å². The fraction of sp³-hybridized carbons (Fsp3) is 0.520. The number of hydrogen-bond acceptors (Lipinski definition) is 8. The van der Waals surface area contributed by atoms with Crippen molar-refractivity contribution in [2.75, 3.05) is 12.4 Å². The molecule has 0 unspecified atom stereocenters. The third kappa shape index (κ3) is 5.09. The van der Waals surface area contributed by atoms with Crippen LogP contribution in [-0.4, -0.2) is 34.3 Å².